The Morgan fingerprint density at radius 2 is 1.74 bits per heavy atom. The highest BCUT2D eigenvalue weighted by molar-refractivity contribution is 6.25. The number of nitrogens with zero attached hydrogens (tertiary/aromatic N) is 3. The first kappa shape index (κ1) is 18.2. The van der Waals surface area contributed by atoms with Crippen molar-refractivity contribution in [3.8, 4) is 0 Å². The molecule has 0 N–H and O–H groups in total. The Hall–Kier alpha value is -3.64. The van der Waals surface area contributed by atoms with Crippen LogP contribution in [0.1, 0.15) is 30.5 Å². The first-order valence-electron chi connectivity index (χ1n) is 10.7. The first-order valence-corrected chi connectivity index (χ1v) is 10.7. The van der Waals surface area contributed by atoms with Crippen LogP contribution in [0, 0.1) is 20.4 Å². The molecule has 3 nitrogen and oxygen atoms in total. The molecular formula is C28H24N3+. The average Bonchev–Trinajstić information content (AvgIpc) is 3.09. The van der Waals surface area contributed by atoms with Gasteiger partial charge < -0.3 is 9.25 Å². The quantitative estimate of drug-likeness (QED) is 0.127. The molecule has 6 rings (SSSR count). The van der Waals surface area contributed by atoms with Gasteiger partial charge in [0.2, 0.25) is 5.52 Å². The fourth-order valence-electron chi connectivity index (χ4n) is 5.29. The minimum atomic E-state index is -0.540. The van der Waals surface area contributed by atoms with E-state index in [0.29, 0.717) is 0 Å². The van der Waals surface area contributed by atoms with Gasteiger partial charge in [-0.25, -0.2) is 6.57 Å². The second kappa shape index (κ2) is 5.74. The highest BCUT2D eigenvalue weighted by Gasteiger charge is 2.29. The van der Waals surface area contributed by atoms with Gasteiger partial charge >= 0.3 is 0 Å². The lowest BCUT2D eigenvalue weighted by molar-refractivity contribution is -0.644. The Morgan fingerprint density at radius 3 is 2.52 bits per heavy atom. The third-order valence-corrected chi connectivity index (χ3v) is 7.18. The molecule has 0 radical (unpaired) electrons. The molecule has 3 aromatic carbocycles. The highest BCUT2D eigenvalue weighted by Crippen LogP contribution is 2.41. The van der Waals surface area contributed by atoms with E-state index in [1.165, 1.54) is 60.1 Å². The highest BCUT2D eigenvalue weighted by atomic mass is 15.0. The minimum absolute atomic E-state index is 0.540. The van der Waals surface area contributed by atoms with Crippen molar-refractivity contribution in [2.75, 3.05) is 0 Å². The van der Waals surface area contributed by atoms with Gasteiger partial charge in [-0.2, -0.15) is 4.57 Å². The lowest BCUT2D eigenvalue weighted by Crippen LogP contribution is -2.29. The summed E-state index contributed by atoms with van der Waals surface area (Å²) >= 11 is 0. The Bertz CT molecular complexity index is 1740. The molecular weight excluding hydrogens is 378 g/mol. The van der Waals surface area contributed by atoms with Crippen LogP contribution in [-0.4, -0.2) is 4.40 Å². The van der Waals surface area contributed by atoms with Gasteiger partial charge in [0.1, 0.15) is 12.6 Å². The SMILES string of the molecule is [C-]#[N+]C(C)(C)c1ccc2c(c1)c1cc[n+](C)c3c4c(C)c(C)cc5cccc(c54)n2c13. The van der Waals surface area contributed by atoms with Crippen molar-refractivity contribution in [2.24, 2.45) is 7.05 Å². The molecule has 150 valence electrons. The van der Waals surface area contributed by atoms with E-state index in [-0.39, 0.29) is 0 Å². The van der Waals surface area contributed by atoms with Gasteiger partial charge in [0.25, 0.3) is 5.54 Å². The Kier molecular flexibility index (Phi) is 3.36. The summed E-state index contributed by atoms with van der Waals surface area (Å²) in [5, 5.41) is 6.41. The van der Waals surface area contributed by atoms with Crippen molar-refractivity contribution >= 4 is 49.0 Å². The molecule has 0 fully saturated rings. The standard InChI is InChI=1S/C28H24N3/c1-16-14-18-8-7-9-23-25(18)24(17(16)2)27-26-20(12-13-30(27)6)21-15-19(28(3,4)29-5)10-11-22(21)31(23)26/h7-15H,1-4,6H3/q+1. The molecule has 0 aliphatic carbocycles. The van der Waals surface area contributed by atoms with Crippen molar-refractivity contribution in [2.45, 2.75) is 33.2 Å². The third-order valence-electron chi connectivity index (χ3n) is 7.18. The van der Waals surface area contributed by atoms with E-state index in [0.717, 1.165) is 5.56 Å². The molecule has 0 aliphatic heterocycles. The van der Waals surface area contributed by atoms with Gasteiger partial charge in [-0.05, 0) is 54.6 Å². The maximum atomic E-state index is 7.65. The van der Waals surface area contributed by atoms with Crippen LogP contribution < -0.4 is 4.57 Å². The maximum absolute atomic E-state index is 7.65. The summed E-state index contributed by atoms with van der Waals surface area (Å²) in [6.07, 6.45) is 2.18. The van der Waals surface area contributed by atoms with Gasteiger partial charge in [0.15, 0.2) is 6.20 Å². The van der Waals surface area contributed by atoms with E-state index >= 15 is 0 Å². The summed E-state index contributed by atoms with van der Waals surface area (Å²) < 4.78 is 4.69. The summed E-state index contributed by atoms with van der Waals surface area (Å²) in [5.41, 5.74) is 8.15. The molecule has 0 saturated heterocycles. The van der Waals surface area contributed by atoms with Gasteiger partial charge in [0.05, 0.1) is 16.4 Å². The summed E-state index contributed by atoms with van der Waals surface area (Å²) in [6, 6.07) is 17.7. The molecule has 0 aliphatic rings. The largest absolute Gasteiger partial charge is 0.306 e. The Labute approximate surface area is 181 Å². The lowest BCUT2D eigenvalue weighted by Gasteiger charge is -2.15. The molecule has 31 heavy (non-hydrogen) atoms. The number of rotatable bonds is 1. The zero-order chi connectivity index (χ0) is 21.7. The number of aromatic nitrogens is 2. The van der Waals surface area contributed by atoms with Crippen LogP contribution in [0.4, 0.5) is 0 Å². The molecule has 3 heterocycles. The summed E-state index contributed by atoms with van der Waals surface area (Å²) in [4.78, 5) is 3.87. The number of hydrogen-bond donors (Lipinski definition) is 0. The minimum Gasteiger partial charge on any atom is -0.306 e. The van der Waals surface area contributed by atoms with Crippen LogP contribution in [0.5, 0.6) is 0 Å². The van der Waals surface area contributed by atoms with E-state index in [1.807, 2.05) is 13.8 Å². The fraction of sp³-hybridized carbons (Fsp3) is 0.214. The first-order chi connectivity index (χ1) is 14.8. The van der Waals surface area contributed by atoms with Gasteiger partial charge in [-0.15, -0.1) is 0 Å². The number of aryl methyl sites for hydroxylation is 3. The monoisotopic (exact) mass is 402 g/mol. The summed E-state index contributed by atoms with van der Waals surface area (Å²) in [7, 11) is 2.14. The van der Waals surface area contributed by atoms with Crippen molar-refractivity contribution in [3.63, 3.8) is 0 Å². The number of benzene rings is 3. The molecule has 0 spiro atoms. The van der Waals surface area contributed by atoms with Crippen LogP contribution in [0.2, 0.25) is 0 Å². The van der Waals surface area contributed by atoms with E-state index in [2.05, 4.69) is 89.4 Å². The second-order valence-corrected chi connectivity index (χ2v) is 9.34. The molecule has 0 unspecified atom stereocenters. The smallest absolute Gasteiger partial charge is 0.252 e. The predicted molar refractivity (Wildman–Crippen MR) is 129 cm³/mol. The number of pyridine rings is 2. The summed E-state index contributed by atoms with van der Waals surface area (Å²) in [5.74, 6) is 0. The normalized spacial score (nSPS) is 12.6. The van der Waals surface area contributed by atoms with Crippen LogP contribution >= 0.6 is 0 Å². The van der Waals surface area contributed by atoms with Crippen LogP contribution in [0.3, 0.4) is 0 Å². The second-order valence-electron chi connectivity index (χ2n) is 9.34. The van der Waals surface area contributed by atoms with Gasteiger partial charge in [0, 0.05) is 41.6 Å². The zero-order valence-electron chi connectivity index (χ0n) is 18.5. The molecule has 6 aromatic rings. The van der Waals surface area contributed by atoms with E-state index in [1.54, 1.807) is 0 Å². The molecule has 0 amide bonds. The zero-order valence-corrected chi connectivity index (χ0v) is 18.5. The van der Waals surface area contributed by atoms with Crippen molar-refractivity contribution in [1.82, 2.24) is 4.40 Å². The molecule has 3 heteroatoms. The van der Waals surface area contributed by atoms with Crippen molar-refractivity contribution in [3.05, 3.63) is 82.8 Å². The molecule has 0 bridgehead atoms. The van der Waals surface area contributed by atoms with Crippen LogP contribution in [0.15, 0.2) is 54.7 Å². The van der Waals surface area contributed by atoms with Crippen molar-refractivity contribution in [1.29, 1.82) is 0 Å². The van der Waals surface area contributed by atoms with Gasteiger partial charge in [-0.1, -0.05) is 18.2 Å². The van der Waals surface area contributed by atoms with Crippen molar-refractivity contribution < 1.29 is 4.57 Å². The lowest BCUT2D eigenvalue weighted by atomic mass is 9.93. The predicted octanol–water partition coefficient (Wildman–Crippen LogP) is 6.59. The molecule has 0 saturated carbocycles. The van der Waals surface area contributed by atoms with E-state index in [4.69, 9.17) is 6.57 Å². The fourth-order valence-corrected chi connectivity index (χ4v) is 5.29. The maximum Gasteiger partial charge on any atom is 0.252 e. The molecule has 0 atom stereocenters. The van der Waals surface area contributed by atoms with E-state index in [9.17, 15) is 0 Å². The average molecular weight is 403 g/mol. The van der Waals surface area contributed by atoms with Crippen LogP contribution in [-0.2, 0) is 12.6 Å². The van der Waals surface area contributed by atoms with Crippen LogP contribution in [0.25, 0.3) is 53.8 Å². The Balaban J connectivity index is 1.99. The number of fused-ring (bicyclic) bond motifs is 5. The van der Waals surface area contributed by atoms with Gasteiger partial charge in [-0.3, -0.25) is 0 Å². The molecule has 3 aromatic heterocycles. The summed E-state index contributed by atoms with van der Waals surface area (Å²) in [6.45, 7) is 16.1. The topological polar surface area (TPSA) is 12.7 Å². The Morgan fingerprint density at radius 1 is 0.935 bits per heavy atom. The van der Waals surface area contributed by atoms with E-state index < -0.39 is 5.54 Å². The third kappa shape index (κ3) is 2.15. The number of hydrogen-bond acceptors (Lipinski definition) is 0.